The molecule has 1 aliphatic heterocycles. The molecule has 10 heteroatoms. The number of esters is 1. The molecule has 184 valence electrons. The number of carbonyl (C=O) groups excluding carboxylic acids is 2. The first kappa shape index (κ1) is 24.3. The molecule has 35 heavy (non-hydrogen) atoms. The van der Waals surface area contributed by atoms with Gasteiger partial charge >= 0.3 is 12.1 Å². The van der Waals surface area contributed by atoms with Gasteiger partial charge in [-0.1, -0.05) is 42.0 Å². The Morgan fingerprint density at radius 2 is 1.74 bits per heavy atom. The van der Waals surface area contributed by atoms with Gasteiger partial charge in [0.2, 0.25) is 0 Å². The van der Waals surface area contributed by atoms with Gasteiger partial charge in [0.1, 0.15) is 11.4 Å². The Bertz CT molecular complexity index is 1230. The third-order valence-corrected chi connectivity index (χ3v) is 5.98. The molecule has 0 saturated heterocycles. The van der Waals surface area contributed by atoms with E-state index >= 15 is 0 Å². The SMILES string of the molecule is COC(=O)c1ccc([C@H](C)NC(=O)c2c(C(F)(F)F)nn3c2N(Cc2ccc(C)cc2)CC3)cc1. The summed E-state index contributed by atoms with van der Waals surface area (Å²) in [5.74, 6) is -1.21. The van der Waals surface area contributed by atoms with Crippen molar-refractivity contribution in [1.82, 2.24) is 15.1 Å². The summed E-state index contributed by atoms with van der Waals surface area (Å²) in [6.45, 7) is 4.67. The Labute approximate surface area is 200 Å². The van der Waals surface area contributed by atoms with E-state index in [2.05, 4.69) is 15.2 Å². The minimum atomic E-state index is -4.79. The fourth-order valence-electron chi connectivity index (χ4n) is 4.10. The highest BCUT2D eigenvalue weighted by Gasteiger charge is 2.44. The van der Waals surface area contributed by atoms with Crippen molar-refractivity contribution in [3.8, 4) is 0 Å². The number of nitrogens with zero attached hydrogens (tertiary/aromatic N) is 3. The lowest BCUT2D eigenvalue weighted by molar-refractivity contribution is -0.141. The quantitative estimate of drug-likeness (QED) is 0.519. The van der Waals surface area contributed by atoms with E-state index < -0.39 is 35.4 Å². The van der Waals surface area contributed by atoms with Gasteiger partial charge in [-0.25, -0.2) is 9.48 Å². The van der Waals surface area contributed by atoms with Crippen molar-refractivity contribution >= 4 is 17.7 Å². The summed E-state index contributed by atoms with van der Waals surface area (Å²) in [4.78, 5) is 26.6. The third-order valence-electron chi connectivity index (χ3n) is 5.98. The molecule has 0 radical (unpaired) electrons. The van der Waals surface area contributed by atoms with E-state index in [1.54, 1.807) is 24.0 Å². The van der Waals surface area contributed by atoms with Crippen molar-refractivity contribution in [3.63, 3.8) is 0 Å². The van der Waals surface area contributed by atoms with Crippen LogP contribution in [0.25, 0.3) is 0 Å². The van der Waals surface area contributed by atoms with Gasteiger partial charge in [-0.15, -0.1) is 0 Å². The fraction of sp³-hybridized carbons (Fsp3) is 0.320. The molecular weight excluding hydrogens is 461 g/mol. The molecule has 1 N–H and O–H groups in total. The summed E-state index contributed by atoms with van der Waals surface area (Å²) >= 11 is 0. The molecule has 4 rings (SSSR count). The molecule has 1 amide bonds. The summed E-state index contributed by atoms with van der Waals surface area (Å²) in [5, 5.41) is 6.41. The molecule has 1 atom stereocenters. The summed E-state index contributed by atoms with van der Waals surface area (Å²) in [6.07, 6.45) is -4.79. The number of benzene rings is 2. The first-order valence-corrected chi connectivity index (χ1v) is 11.1. The van der Waals surface area contributed by atoms with E-state index in [-0.39, 0.29) is 12.4 Å². The normalized spacial score (nSPS) is 13.9. The molecule has 0 aliphatic carbocycles. The lowest BCUT2D eigenvalue weighted by atomic mass is 10.1. The first-order valence-electron chi connectivity index (χ1n) is 11.1. The molecule has 1 aliphatic rings. The number of amides is 1. The zero-order chi connectivity index (χ0) is 25.3. The van der Waals surface area contributed by atoms with Crippen LogP contribution in [0.1, 0.15) is 56.1 Å². The van der Waals surface area contributed by atoms with Crippen LogP contribution < -0.4 is 10.2 Å². The highest BCUT2D eigenvalue weighted by atomic mass is 19.4. The highest BCUT2D eigenvalue weighted by molar-refractivity contribution is 6.01. The van der Waals surface area contributed by atoms with E-state index in [0.29, 0.717) is 24.2 Å². The second kappa shape index (κ2) is 9.44. The van der Waals surface area contributed by atoms with Gasteiger partial charge in [-0.05, 0) is 37.1 Å². The zero-order valence-electron chi connectivity index (χ0n) is 19.5. The number of aromatic nitrogens is 2. The largest absolute Gasteiger partial charge is 0.465 e. The van der Waals surface area contributed by atoms with Gasteiger partial charge < -0.3 is 15.0 Å². The summed E-state index contributed by atoms with van der Waals surface area (Å²) < 4.78 is 47.5. The van der Waals surface area contributed by atoms with Crippen LogP contribution in [0.2, 0.25) is 0 Å². The minimum Gasteiger partial charge on any atom is -0.465 e. The number of halogens is 3. The number of nitrogens with one attached hydrogen (secondary N) is 1. The van der Waals surface area contributed by atoms with Crippen molar-refractivity contribution < 1.29 is 27.5 Å². The van der Waals surface area contributed by atoms with E-state index in [1.165, 1.54) is 23.9 Å². The molecule has 0 unspecified atom stereocenters. The topological polar surface area (TPSA) is 76.5 Å². The van der Waals surface area contributed by atoms with Crippen LogP contribution in [0.3, 0.4) is 0 Å². The van der Waals surface area contributed by atoms with Gasteiger partial charge in [-0.3, -0.25) is 4.79 Å². The summed E-state index contributed by atoms with van der Waals surface area (Å²) in [6, 6.07) is 13.4. The monoisotopic (exact) mass is 486 g/mol. The van der Waals surface area contributed by atoms with Crippen molar-refractivity contribution in [2.24, 2.45) is 0 Å². The second-order valence-electron chi connectivity index (χ2n) is 8.48. The molecule has 1 aromatic heterocycles. The van der Waals surface area contributed by atoms with E-state index in [4.69, 9.17) is 0 Å². The standard InChI is InChI=1S/C25H25F3N4O3/c1-15-4-6-17(7-5-15)14-31-12-13-32-23(31)20(21(30-32)25(26,27)28)22(33)29-16(2)18-8-10-19(11-9-18)24(34)35-3/h4-11,16H,12-14H2,1-3H3,(H,29,33)/t16-/m0/s1. The Morgan fingerprint density at radius 1 is 1.09 bits per heavy atom. The van der Waals surface area contributed by atoms with Crippen LogP contribution in [0.15, 0.2) is 48.5 Å². The van der Waals surface area contributed by atoms with Crippen molar-refractivity contribution in [1.29, 1.82) is 0 Å². The average Bonchev–Trinajstić information content (AvgIpc) is 3.40. The van der Waals surface area contributed by atoms with E-state index in [9.17, 15) is 22.8 Å². The number of fused-ring (bicyclic) bond motifs is 1. The summed E-state index contributed by atoms with van der Waals surface area (Å²) in [7, 11) is 1.27. The fourth-order valence-corrected chi connectivity index (χ4v) is 4.10. The smallest absolute Gasteiger partial charge is 0.436 e. The maximum absolute atomic E-state index is 13.9. The first-order chi connectivity index (χ1) is 16.6. The van der Waals surface area contributed by atoms with Crippen LogP contribution in [0.4, 0.5) is 19.0 Å². The lowest BCUT2D eigenvalue weighted by Crippen LogP contribution is -2.31. The number of anilines is 1. The van der Waals surface area contributed by atoms with Crippen molar-refractivity contribution in [3.05, 3.63) is 82.0 Å². The number of carbonyl (C=O) groups is 2. The average molecular weight is 486 g/mol. The summed E-state index contributed by atoms with van der Waals surface area (Å²) in [5.41, 5.74) is 1.26. The number of methoxy groups -OCH3 is 1. The Kier molecular flexibility index (Phi) is 6.56. The second-order valence-corrected chi connectivity index (χ2v) is 8.48. The molecule has 7 nitrogen and oxygen atoms in total. The molecule has 3 aromatic rings. The third kappa shape index (κ3) is 5.01. The van der Waals surface area contributed by atoms with Gasteiger partial charge in [0, 0.05) is 13.1 Å². The van der Waals surface area contributed by atoms with Crippen LogP contribution >= 0.6 is 0 Å². The highest BCUT2D eigenvalue weighted by Crippen LogP contribution is 2.38. The zero-order valence-corrected chi connectivity index (χ0v) is 19.5. The number of alkyl halides is 3. The molecule has 0 fully saturated rings. The maximum atomic E-state index is 13.9. The molecule has 0 spiro atoms. The lowest BCUT2D eigenvalue weighted by Gasteiger charge is -2.21. The van der Waals surface area contributed by atoms with Gasteiger partial charge in [-0.2, -0.15) is 18.3 Å². The molecular formula is C25H25F3N4O3. The van der Waals surface area contributed by atoms with Crippen LogP contribution in [0, 0.1) is 6.92 Å². The van der Waals surface area contributed by atoms with E-state index in [1.807, 2.05) is 31.2 Å². The number of hydrogen-bond donors (Lipinski definition) is 1. The van der Waals surface area contributed by atoms with Crippen LogP contribution in [-0.4, -0.2) is 35.3 Å². The number of hydrogen-bond acceptors (Lipinski definition) is 5. The Balaban J connectivity index is 1.62. The van der Waals surface area contributed by atoms with Gasteiger partial charge in [0.15, 0.2) is 5.69 Å². The predicted octanol–water partition coefficient (Wildman–Crippen LogP) is 4.51. The van der Waals surface area contributed by atoms with Crippen LogP contribution in [0.5, 0.6) is 0 Å². The van der Waals surface area contributed by atoms with Crippen molar-refractivity contribution in [2.75, 3.05) is 18.6 Å². The van der Waals surface area contributed by atoms with Gasteiger partial charge in [0.25, 0.3) is 5.91 Å². The minimum absolute atomic E-state index is 0.156. The number of ether oxygens (including phenoxy) is 1. The van der Waals surface area contributed by atoms with Gasteiger partial charge in [0.05, 0.1) is 25.3 Å². The molecule has 2 aromatic carbocycles. The molecule has 0 saturated carbocycles. The van der Waals surface area contributed by atoms with Crippen molar-refractivity contribution in [2.45, 2.75) is 39.2 Å². The number of rotatable bonds is 6. The Morgan fingerprint density at radius 3 is 2.34 bits per heavy atom. The Hall–Kier alpha value is -3.82. The number of aryl methyl sites for hydroxylation is 1. The van der Waals surface area contributed by atoms with E-state index in [0.717, 1.165) is 11.1 Å². The molecule has 2 heterocycles. The van der Waals surface area contributed by atoms with Crippen LogP contribution in [-0.2, 0) is 24.0 Å². The molecule has 0 bridgehead atoms. The maximum Gasteiger partial charge on any atom is 0.436 e. The predicted molar refractivity (Wildman–Crippen MR) is 123 cm³/mol.